The fourth-order valence-electron chi connectivity index (χ4n) is 1.65. The second-order valence-corrected chi connectivity index (χ2v) is 3.90. The summed E-state index contributed by atoms with van der Waals surface area (Å²) in [6.07, 6.45) is 2.35. The van der Waals surface area contributed by atoms with Crippen LogP contribution < -0.4 is 0 Å². The topological polar surface area (TPSA) is 53.5 Å². The third kappa shape index (κ3) is 2.25. The van der Waals surface area contributed by atoms with E-state index in [1.54, 1.807) is 11.9 Å². The Balaban J connectivity index is 2.16. The number of likely N-dealkylation sites (N-methyl/N-ethyl adjacent to an activating group) is 1. The molecule has 0 spiro atoms. The average Bonchev–Trinajstić information content (AvgIpc) is 2.32. The van der Waals surface area contributed by atoms with E-state index in [-0.39, 0.29) is 18.0 Å². The Labute approximate surface area is 97.8 Å². The minimum absolute atomic E-state index is 0.00288. The monoisotopic (exact) mass is 237 g/mol. The van der Waals surface area contributed by atoms with Crippen molar-refractivity contribution in [3.8, 4) is 0 Å². The van der Waals surface area contributed by atoms with Crippen LogP contribution in [-0.2, 0) is 4.79 Å². The molecule has 1 saturated heterocycles. The zero-order valence-corrected chi connectivity index (χ0v) is 9.39. The first-order chi connectivity index (χ1) is 8.09. The van der Waals surface area contributed by atoms with Gasteiger partial charge in [0.15, 0.2) is 5.82 Å². The van der Waals surface area contributed by atoms with Gasteiger partial charge in [-0.25, -0.2) is 4.39 Å². The normalized spacial score (nSPS) is 16.2. The van der Waals surface area contributed by atoms with Crippen LogP contribution in [-0.4, -0.2) is 53.3 Å². The maximum atomic E-state index is 13.4. The van der Waals surface area contributed by atoms with Gasteiger partial charge in [-0.3, -0.25) is 14.6 Å². The van der Waals surface area contributed by atoms with Crippen molar-refractivity contribution < 1.29 is 14.0 Å². The molecule has 2 rings (SSSR count). The lowest BCUT2D eigenvalue weighted by Crippen LogP contribution is -2.50. The third-order valence-corrected chi connectivity index (χ3v) is 2.75. The van der Waals surface area contributed by atoms with Gasteiger partial charge in [0.1, 0.15) is 6.54 Å². The first-order valence-electron chi connectivity index (χ1n) is 5.22. The highest BCUT2D eigenvalue weighted by molar-refractivity contribution is 5.97. The number of pyridine rings is 1. The van der Waals surface area contributed by atoms with E-state index in [4.69, 9.17) is 0 Å². The summed E-state index contributed by atoms with van der Waals surface area (Å²) >= 11 is 0. The number of nitrogens with zero attached hydrogens (tertiary/aromatic N) is 3. The molecule has 0 radical (unpaired) electrons. The molecule has 1 aromatic heterocycles. The molecule has 0 bridgehead atoms. The summed E-state index contributed by atoms with van der Waals surface area (Å²) in [6.45, 7) is 0.886. The van der Waals surface area contributed by atoms with Gasteiger partial charge in [-0.1, -0.05) is 0 Å². The van der Waals surface area contributed by atoms with Gasteiger partial charge in [0, 0.05) is 26.3 Å². The number of aromatic nitrogens is 1. The van der Waals surface area contributed by atoms with Crippen LogP contribution in [0.15, 0.2) is 18.5 Å². The molecule has 0 N–H and O–H groups in total. The first kappa shape index (κ1) is 11.5. The smallest absolute Gasteiger partial charge is 0.257 e. The van der Waals surface area contributed by atoms with Crippen molar-refractivity contribution in [2.24, 2.45) is 0 Å². The van der Waals surface area contributed by atoms with Gasteiger partial charge in [0.05, 0.1) is 11.8 Å². The van der Waals surface area contributed by atoms with E-state index >= 15 is 0 Å². The van der Waals surface area contributed by atoms with Crippen LogP contribution in [0.2, 0.25) is 0 Å². The van der Waals surface area contributed by atoms with Gasteiger partial charge in [0.2, 0.25) is 5.91 Å². The van der Waals surface area contributed by atoms with E-state index in [1.165, 1.54) is 17.2 Å². The van der Waals surface area contributed by atoms with E-state index in [9.17, 15) is 14.0 Å². The lowest BCUT2D eigenvalue weighted by Gasteiger charge is -2.32. The molecule has 90 valence electrons. The van der Waals surface area contributed by atoms with E-state index < -0.39 is 11.7 Å². The molecule has 1 aromatic rings. The number of amides is 2. The Morgan fingerprint density at radius 3 is 2.88 bits per heavy atom. The zero-order chi connectivity index (χ0) is 12.4. The molecule has 2 heterocycles. The summed E-state index contributed by atoms with van der Waals surface area (Å²) in [6, 6.07) is 1.32. The summed E-state index contributed by atoms with van der Waals surface area (Å²) in [5.41, 5.74) is -0.0441. The van der Waals surface area contributed by atoms with Crippen LogP contribution in [0.3, 0.4) is 0 Å². The standard InChI is InChI=1S/C11H12FN3O2/c1-14-4-5-15(7-10(14)16)11(17)8-2-3-13-6-9(8)12/h2-3,6H,4-5,7H2,1H3. The molecule has 17 heavy (non-hydrogen) atoms. The average molecular weight is 237 g/mol. The van der Waals surface area contributed by atoms with E-state index in [0.717, 1.165) is 6.20 Å². The highest BCUT2D eigenvalue weighted by atomic mass is 19.1. The quantitative estimate of drug-likeness (QED) is 0.698. The second kappa shape index (κ2) is 4.48. The third-order valence-electron chi connectivity index (χ3n) is 2.75. The van der Waals surface area contributed by atoms with Gasteiger partial charge in [-0.05, 0) is 6.07 Å². The highest BCUT2D eigenvalue weighted by Gasteiger charge is 2.26. The van der Waals surface area contributed by atoms with Gasteiger partial charge in [0.25, 0.3) is 5.91 Å². The largest absolute Gasteiger partial charge is 0.342 e. The molecule has 0 aromatic carbocycles. The molecule has 1 aliphatic heterocycles. The molecule has 1 fully saturated rings. The number of rotatable bonds is 1. The Morgan fingerprint density at radius 1 is 1.47 bits per heavy atom. The molecule has 5 nitrogen and oxygen atoms in total. The molecule has 6 heteroatoms. The lowest BCUT2D eigenvalue weighted by atomic mass is 10.2. The Morgan fingerprint density at radius 2 is 2.24 bits per heavy atom. The fourth-order valence-corrected chi connectivity index (χ4v) is 1.65. The minimum Gasteiger partial charge on any atom is -0.342 e. The molecular formula is C11H12FN3O2. The van der Waals surface area contributed by atoms with Crippen molar-refractivity contribution >= 4 is 11.8 Å². The molecule has 2 amide bonds. The Bertz CT molecular complexity index is 464. The van der Waals surface area contributed by atoms with E-state index in [2.05, 4.69) is 4.98 Å². The van der Waals surface area contributed by atoms with Crippen LogP contribution in [0.1, 0.15) is 10.4 Å². The van der Waals surface area contributed by atoms with Crippen LogP contribution in [0.4, 0.5) is 4.39 Å². The van der Waals surface area contributed by atoms with Crippen molar-refractivity contribution in [2.45, 2.75) is 0 Å². The number of piperazine rings is 1. The van der Waals surface area contributed by atoms with E-state index in [0.29, 0.717) is 13.1 Å². The summed E-state index contributed by atoms with van der Waals surface area (Å²) in [5, 5.41) is 0. The SMILES string of the molecule is CN1CCN(C(=O)c2ccncc2F)CC1=O. The zero-order valence-electron chi connectivity index (χ0n) is 9.39. The van der Waals surface area contributed by atoms with Crippen molar-refractivity contribution in [3.05, 3.63) is 29.8 Å². The van der Waals surface area contributed by atoms with Crippen molar-refractivity contribution in [2.75, 3.05) is 26.7 Å². The van der Waals surface area contributed by atoms with E-state index in [1.807, 2.05) is 0 Å². The molecular weight excluding hydrogens is 225 g/mol. The number of hydrogen-bond acceptors (Lipinski definition) is 3. The lowest BCUT2D eigenvalue weighted by molar-refractivity contribution is -0.133. The summed E-state index contributed by atoms with van der Waals surface area (Å²) in [5.74, 6) is -1.27. The maximum absolute atomic E-state index is 13.4. The van der Waals surface area contributed by atoms with Crippen molar-refractivity contribution in [1.82, 2.24) is 14.8 Å². The molecule has 0 atom stereocenters. The van der Waals surface area contributed by atoms with Crippen molar-refractivity contribution in [3.63, 3.8) is 0 Å². The number of carbonyl (C=O) groups excluding carboxylic acids is 2. The minimum atomic E-state index is -0.663. The molecule has 0 saturated carbocycles. The number of halogens is 1. The molecule has 0 aliphatic carbocycles. The van der Waals surface area contributed by atoms with Crippen LogP contribution in [0.5, 0.6) is 0 Å². The summed E-state index contributed by atoms with van der Waals surface area (Å²) in [4.78, 5) is 29.9. The van der Waals surface area contributed by atoms with Gasteiger partial charge >= 0.3 is 0 Å². The first-order valence-corrected chi connectivity index (χ1v) is 5.22. The Kier molecular flexibility index (Phi) is 3.03. The maximum Gasteiger partial charge on any atom is 0.257 e. The van der Waals surface area contributed by atoms with Gasteiger partial charge in [-0.2, -0.15) is 0 Å². The Hall–Kier alpha value is -1.98. The fraction of sp³-hybridized carbons (Fsp3) is 0.364. The predicted octanol–water partition coefficient (Wildman–Crippen LogP) is 0.135. The summed E-state index contributed by atoms with van der Waals surface area (Å²) in [7, 11) is 1.68. The van der Waals surface area contributed by atoms with Crippen LogP contribution in [0.25, 0.3) is 0 Å². The highest BCUT2D eigenvalue weighted by Crippen LogP contribution is 2.11. The number of hydrogen-bond donors (Lipinski definition) is 0. The molecule has 0 unspecified atom stereocenters. The van der Waals surface area contributed by atoms with Gasteiger partial charge in [-0.15, -0.1) is 0 Å². The van der Waals surface area contributed by atoms with Gasteiger partial charge < -0.3 is 9.80 Å². The van der Waals surface area contributed by atoms with Crippen LogP contribution in [0, 0.1) is 5.82 Å². The van der Waals surface area contributed by atoms with Crippen molar-refractivity contribution in [1.29, 1.82) is 0 Å². The predicted molar refractivity (Wildman–Crippen MR) is 57.7 cm³/mol. The number of carbonyl (C=O) groups is 2. The molecule has 1 aliphatic rings. The second-order valence-electron chi connectivity index (χ2n) is 3.90. The van der Waals surface area contributed by atoms with Crippen LogP contribution >= 0.6 is 0 Å². The summed E-state index contributed by atoms with van der Waals surface area (Å²) < 4.78 is 13.4.